The molecule has 0 unspecified atom stereocenters. The highest BCUT2D eigenvalue weighted by Gasteiger charge is 2.34. The van der Waals surface area contributed by atoms with E-state index in [-0.39, 0.29) is 23.6 Å². The van der Waals surface area contributed by atoms with E-state index in [0.717, 1.165) is 53.9 Å². The lowest BCUT2D eigenvalue weighted by Crippen LogP contribution is -2.47. The number of rotatable bonds is 8. The summed E-state index contributed by atoms with van der Waals surface area (Å²) < 4.78 is 3.85. The Morgan fingerprint density at radius 1 is 1.16 bits per heavy atom. The van der Waals surface area contributed by atoms with Crippen molar-refractivity contribution in [1.29, 1.82) is 0 Å². The van der Waals surface area contributed by atoms with Crippen molar-refractivity contribution in [2.45, 2.75) is 51.1 Å². The molecular formula is C24H27N5O2S. The summed E-state index contributed by atoms with van der Waals surface area (Å²) in [6, 6.07) is 11.1. The summed E-state index contributed by atoms with van der Waals surface area (Å²) in [7, 11) is 0. The molecule has 0 spiro atoms. The quantitative estimate of drug-likeness (QED) is 0.566. The summed E-state index contributed by atoms with van der Waals surface area (Å²) in [5.41, 5.74) is 3.29. The minimum Gasteiger partial charge on any atom is -0.351 e. The standard InChI is InChI=1S/C24H27N5O2S/c1-17-6-2-3-7-18(17)12-15-29(24(31)21-16-32-28-27-21)22(19-10-13-25-14-11-19)23(30)26-20-8-4-5-9-20/h2-3,6-7,10-11,13-14,16,20,22H,4-5,8-9,12,15H2,1H3,(H,26,30)/t22-/m1/s1. The van der Waals surface area contributed by atoms with Crippen molar-refractivity contribution in [2.75, 3.05) is 6.54 Å². The minimum atomic E-state index is -0.767. The second-order valence-corrected chi connectivity index (χ2v) is 8.75. The van der Waals surface area contributed by atoms with Crippen LogP contribution in [-0.2, 0) is 11.2 Å². The van der Waals surface area contributed by atoms with Gasteiger partial charge in [-0.1, -0.05) is 41.6 Å². The van der Waals surface area contributed by atoms with E-state index in [4.69, 9.17) is 0 Å². The van der Waals surface area contributed by atoms with Crippen LogP contribution >= 0.6 is 11.5 Å². The number of hydrogen-bond acceptors (Lipinski definition) is 6. The number of pyridine rings is 1. The number of nitrogens with one attached hydrogen (secondary N) is 1. The highest BCUT2D eigenvalue weighted by atomic mass is 32.1. The molecular weight excluding hydrogens is 422 g/mol. The van der Waals surface area contributed by atoms with Crippen LogP contribution in [-0.4, -0.2) is 43.9 Å². The van der Waals surface area contributed by atoms with Crippen molar-refractivity contribution < 1.29 is 9.59 Å². The molecule has 2 aromatic heterocycles. The molecule has 3 aromatic rings. The highest BCUT2D eigenvalue weighted by Crippen LogP contribution is 2.26. The first-order chi connectivity index (χ1) is 15.6. The van der Waals surface area contributed by atoms with Gasteiger partial charge in [0.1, 0.15) is 6.04 Å². The number of carbonyl (C=O) groups is 2. The van der Waals surface area contributed by atoms with Gasteiger partial charge in [0.05, 0.1) is 0 Å². The van der Waals surface area contributed by atoms with Crippen LogP contribution in [0.5, 0.6) is 0 Å². The zero-order chi connectivity index (χ0) is 22.3. The fourth-order valence-corrected chi connectivity index (χ4v) is 4.68. The number of aryl methyl sites for hydroxylation is 1. The summed E-state index contributed by atoms with van der Waals surface area (Å²) >= 11 is 1.13. The Morgan fingerprint density at radius 3 is 2.59 bits per heavy atom. The van der Waals surface area contributed by atoms with E-state index in [0.29, 0.717) is 13.0 Å². The lowest BCUT2D eigenvalue weighted by atomic mass is 10.0. The average Bonchev–Trinajstić information content (AvgIpc) is 3.52. The molecule has 1 aromatic carbocycles. The SMILES string of the molecule is Cc1ccccc1CCN(C(=O)c1csnn1)[C@@H](C(=O)NC1CCCC1)c1ccncc1. The maximum Gasteiger partial charge on any atom is 0.276 e. The number of hydrogen-bond donors (Lipinski definition) is 1. The molecule has 1 fully saturated rings. The summed E-state index contributed by atoms with van der Waals surface area (Å²) in [5, 5.41) is 8.79. The van der Waals surface area contributed by atoms with Crippen LogP contribution < -0.4 is 5.32 Å². The minimum absolute atomic E-state index is 0.154. The second-order valence-electron chi connectivity index (χ2n) is 8.14. The van der Waals surface area contributed by atoms with Crippen molar-refractivity contribution in [1.82, 2.24) is 24.8 Å². The summed E-state index contributed by atoms with van der Waals surface area (Å²) in [6.07, 6.45) is 8.12. The Morgan fingerprint density at radius 2 is 1.91 bits per heavy atom. The average molecular weight is 450 g/mol. The molecule has 0 saturated heterocycles. The smallest absolute Gasteiger partial charge is 0.276 e. The van der Waals surface area contributed by atoms with Crippen molar-refractivity contribution in [3.63, 3.8) is 0 Å². The molecule has 1 aliphatic rings. The molecule has 7 nitrogen and oxygen atoms in total. The molecule has 1 saturated carbocycles. The molecule has 1 atom stereocenters. The number of benzene rings is 1. The largest absolute Gasteiger partial charge is 0.351 e. The van der Waals surface area contributed by atoms with Crippen molar-refractivity contribution in [2.24, 2.45) is 0 Å². The Labute approximate surface area is 192 Å². The summed E-state index contributed by atoms with van der Waals surface area (Å²) in [5.74, 6) is -0.458. The van der Waals surface area contributed by atoms with Gasteiger partial charge in [-0.2, -0.15) is 0 Å². The zero-order valence-corrected chi connectivity index (χ0v) is 18.9. The van der Waals surface area contributed by atoms with Crippen LogP contribution in [0.1, 0.15) is 58.9 Å². The normalized spacial score (nSPS) is 14.8. The van der Waals surface area contributed by atoms with Crippen LogP contribution in [0.3, 0.4) is 0 Å². The van der Waals surface area contributed by atoms with Gasteiger partial charge in [0.2, 0.25) is 5.91 Å². The van der Waals surface area contributed by atoms with Gasteiger partial charge in [0, 0.05) is 30.4 Å². The number of aromatic nitrogens is 3. The van der Waals surface area contributed by atoms with Gasteiger partial charge in [-0.05, 0) is 66.5 Å². The van der Waals surface area contributed by atoms with Gasteiger partial charge in [-0.15, -0.1) is 5.10 Å². The molecule has 0 radical (unpaired) electrons. The lowest BCUT2D eigenvalue weighted by Gasteiger charge is -2.32. The topological polar surface area (TPSA) is 88.1 Å². The van der Waals surface area contributed by atoms with E-state index in [9.17, 15) is 9.59 Å². The van der Waals surface area contributed by atoms with Crippen LogP contribution in [0.4, 0.5) is 0 Å². The van der Waals surface area contributed by atoms with Crippen LogP contribution in [0.2, 0.25) is 0 Å². The van der Waals surface area contributed by atoms with E-state index in [1.807, 2.05) is 12.1 Å². The van der Waals surface area contributed by atoms with Gasteiger partial charge in [-0.3, -0.25) is 14.6 Å². The van der Waals surface area contributed by atoms with Crippen LogP contribution in [0.25, 0.3) is 0 Å². The van der Waals surface area contributed by atoms with Crippen molar-refractivity contribution >= 4 is 23.3 Å². The van der Waals surface area contributed by atoms with Gasteiger partial charge >= 0.3 is 0 Å². The van der Waals surface area contributed by atoms with E-state index >= 15 is 0 Å². The maximum absolute atomic E-state index is 13.5. The van der Waals surface area contributed by atoms with Crippen LogP contribution in [0.15, 0.2) is 54.2 Å². The summed E-state index contributed by atoms with van der Waals surface area (Å²) in [4.78, 5) is 32.8. The van der Waals surface area contributed by atoms with Gasteiger partial charge in [0.25, 0.3) is 5.91 Å². The fraction of sp³-hybridized carbons (Fsp3) is 0.375. The van der Waals surface area contributed by atoms with E-state index in [1.54, 1.807) is 34.8 Å². The van der Waals surface area contributed by atoms with Gasteiger partial charge < -0.3 is 10.2 Å². The van der Waals surface area contributed by atoms with E-state index in [1.165, 1.54) is 0 Å². The second kappa shape index (κ2) is 10.5. The first-order valence-electron chi connectivity index (χ1n) is 11.0. The molecule has 166 valence electrons. The molecule has 2 amide bonds. The first kappa shape index (κ1) is 22.1. The molecule has 8 heteroatoms. The first-order valence-corrected chi connectivity index (χ1v) is 11.8. The predicted molar refractivity (Wildman–Crippen MR) is 123 cm³/mol. The van der Waals surface area contributed by atoms with Crippen LogP contribution in [0, 0.1) is 6.92 Å². The fourth-order valence-electron chi connectivity index (χ4n) is 4.25. The third-order valence-electron chi connectivity index (χ3n) is 6.01. The lowest BCUT2D eigenvalue weighted by molar-refractivity contribution is -0.126. The maximum atomic E-state index is 13.5. The molecule has 1 N–H and O–H groups in total. The zero-order valence-electron chi connectivity index (χ0n) is 18.1. The van der Waals surface area contributed by atoms with E-state index in [2.05, 4.69) is 38.9 Å². The third kappa shape index (κ3) is 5.19. The molecule has 1 aliphatic carbocycles. The molecule has 32 heavy (non-hydrogen) atoms. The predicted octanol–water partition coefficient (Wildman–Crippen LogP) is 3.73. The number of nitrogens with zero attached hydrogens (tertiary/aromatic N) is 4. The third-order valence-corrected chi connectivity index (χ3v) is 6.51. The summed E-state index contributed by atoms with van der Waals surface area (Å²) in [6.45, 7) is 2.44. The molecule has 0 bridgehead atoms. The molecule has 2 heterocycles. The highest BCUT2D eigenvalue weighted by molar-refractivity contribution is 7.03. The van der Waals surface area contributed by atoms with Crippen molar-refractivity contribution in [3.05, 3.63) is 76.6 Å². The molecule has 4 rings (SSSR count). The Balaban J connectivity index is 1.67. The molecule has 0 aliphatic heterocycles. The number of carbonyl (C=O) groups excluding carboxylic acids is 2. The van der Waals surface area contributed by atoms with Crippen molar-refractivity contribution in [3.8, 4) is 0 Å². The van der Waals surface area contributed by atoms with Gasteiger partial charge in [0.15, 0.2) is 5.69 Å². The van der Waals surface area contributed by atoms with E-state index < -0.39 is 6.04 Å². The Hall–Kier alpha value is -3.13. The Bertz CT molecular complexity index is 1040. The van der Waals surface area contributed by atoms with Gasteiger partial charge in [-0.25, -0.2) is 0 Å². The number of amides is 2. The monoisotopic (exact) mass is 449 g/mol. The Kier molecular flexibility index (Phi) is 7.21.